The number of halogens is 2. The Bertz CT molecular complexity index is 549. The highest BCUT2D eigenvalue weighted by atomic mass is 35.5. The highest BCUT2D eigenvalue weighted by Gasteiger charge is 2.23. The molecule has 2 rings (SSSR count). The fourth-order valence-corrected chi connectivity index (χ4v) is 3.07. The topological polar surface area (TPSA) is 25.8 Å². The predicted molar refractivity (Wildman–Crippen MR) is 72.3 cm³/mol. The Morgan fingerprint density at radius 3 is 2.65 bits per heavy atom. The molecule has 0 saturated carbocycles. The molecule has 90 valence electrons. The highest BCUT2D eigenvalue weighted by Crippen LogP contribution is 2.40. The van der Waals surface area contributed by atoms with Gasteiger partial charge in [-0.05, 0) is 19.9 Å². The van der Waals surface area contributed by atoms with Crippen LogP contribution < -0.4 is 0 Å². The van der Waals surface area contributed by atoms with Crippen LogP contribution in [0.2, 0.25) is 5.15 Å². The molecule has 0 aliphatic carbocycles. The van der Waals surface area contributed by atoms with Gasteiger partial charge in [-0.3, -0.25) is 4.98 Å². The zero-order valence-electron chi connectivity index (χ0n) is 9.24. The normalized spacial score (nSPS) is 11.8. The Morgan fingerprint density at radius 1 is 1.41 bits per heavy atom. The predicted octanol–water partition coefficient (Wildman–Crippen LogP) is 4.16. The average Bonchev–Trinajstić information content (AvgIpc) is 2.60. The first-order valence-corrected chi connectivity index (χ1v) is 6.52. The van der Waals surface area contributed by atoms with Crippen LogP contribution in [0.5, 0.6) is 0 Å². The molecule has 0 saturated heterocycles. The Hall–Kier alpha value is -0.650. The van der Waals surface area contributed by atoms with E-state index in [1.54, 1.807) is 6.20 Å². The van der Waals surface area contributed by atoms with Crippen LogP contribution in [0.3, 0.4) is 0 Å². The minimum atomic E-state index is -0.388. The summed E-state index contributed by atoms with van der Waals surface area (Å²) in [5.74, 6) is -0.388. The number of nitrogens with zero attached hydrogens (tertiary/aromatic N) is 2. The molecule has 0 amide bonds. The molecule has 0 atom stereocenters. The van der Waals surface area contributed by atoms with Crippen molar-refractivity contribution in [3.8, 4) is 10.6 Å². The van der Waals surface area contributed by atoms with Gasteiger partial charge < -0.3 is 0 Å². The fraction of sp³-hybridized carbons (Fsp3) is 0.273. The van der Waals surface area contributed by atoms with E-state index >= 15 is 0 Å². The number of hydrogen-bond acceptors (Lipinski definition) is 4. The molecule has 17 heavy (non-hydrogen) atoms. The van der Waals surface area contributed by atoms with E-state index in [9.17, 15) is 4.39 Å². The summed E-state index contributed by atoms with van der Waals surface area (Å²) in [6, 6.07) is 1.39. The molecule has 0 N–H and O–H groups in total. The van der Waals surface area contributed by atoms with E-state index in [1.165, 1.54) is 17.4 Å². The molecule has 6 heteroatoms. The minimum absolute atomic E-state index is 0.367. The fourth-order valence-electron chi connectivity index (χ4n) is 1.33. The van der Waals surface area contributed by atoms with Crippen molar-refractivity contribution in [1.29, 1.82) is 0 Å². The number of pyridine rings is 1. The van der Waals surface area contributed by atoms with Crippen LogP contribution in [0.25, 0.3) is 10.6 Å². The van der Waals surface area contributed by atoms with Gasteiger partial charge >= 0.3 is 0 Å². The van der Waals surface area contributed by atoms with Gasteiger partial charge in [0.1, 0.15) is 16.0 Å². The maximum atomic E-state index is 13.1. The van der Waals surface area contributed by atoms with Crippen LogP contribution in [-0.2, 0) is 4.75 Å². The van der Waals surface area contributed by atoms with E-state index < -0.39 is 0 Å². The first-order chi connectivity index (χ1) is 7.88. The molecule has 0 radical (unpaired) electrons. The summed E-state index contributed by atoms with van der Waals surface area (Å²) in [5.41, 5.74) is 0.626. The number of hydrogen-bond donors (Lipinski definition) is 1. The number of thiol groups is 1. The molecule has 0 bridgehead atoms. The Labute approximate surface area is 113 Å². The van der Waals surface area contributed by atoms with Crippen molar-refractivity contribution in [2.45, 2.75) is 18.6 Å². The first kappa shape index (κ1) is 12.8. The Balaban J connectivity index is 2.49. The highest BCUT2D eigenvalue weighted by molar-refractivity contribution is 7.81. The molecule has 0 spiro atoms. The third kappa shape index (κ3) is 2.78. The van der Waals surface area contributed by atoms with Crippen molar-refractivity contribution >= 4 is 35.6 Å². The molecule has 2 heterocycles. The van der Waals surface area contributed by atoms with Gasteiger partial charge in [-0.1, -0.05) is 11.6 Å². The van der Waals surface area contributed by atoms with Crippen LogP contribution >= 0.6 is 35.6 Å². The lowest BCUT2D eigenvalue weighted by molar-refractivity contribution is 0.622. The third-order valence-electron chi connectivity index (χ3n) is 2.09. The lowest BCUT2D eigenvalue weighted by Crippen LogP contribution is -2.05. The van der Waals surface area contributed by atoms with E-state index in [0.717, 1.165) is 11.1 Å². The zero-order chi connectivity index (χ0) is 12.6. The van der Waals surface area contributed by atoms with Gasteiger partial charge in [-0.25, -0.2) is 9.37 Å². The van der Waals surface area contributed by atoms with Crippen LogP contribution in [0.1, 0.15) is 18.7 Å². The average molecular weight is 289 g/mol. The molecule has 0 aliphatic rings. The molecule has 2 aromatic rings. The SMILES string of the molecule is CC(C)(S)c1sc(-c2cncc(F)c2)nc1Cl. The van der Waals surface area contributed by atoms with E-state index in [1.807, 2.05) is 13.8 Å². The van der Waals surface area contributed by atoms with Crippen molar-refractivity contribution in [3.63, 3.8) is 0 Å². The standard InChI is InChI=1S/C11H10ClFN2S2/c1-11(2,16)8-9(12)15-10(17-8)6-3-7(13)5-14-4-6/h3-5,16H,1-2H3. The van der Waals surface area contributed by atoms with E-state index in [4.69, 9.17) is 11.6 Å². The Kier molecular flexibility index (Phi) is 3.43. The van der Waals surface area contributed by atoms with Gasteiger partial charge in [0.2, 0.25) is 0 Å². The van der Waals surface area contributed by atoms with Crippen molar-refractivity contribution < 1.29 is 4.39 Å². The first-order valence-electron chi connectivity index (χ1n) is 4.88. The minimum Gasteiger partial charge on any atom is -0.261 e. The van der Waals surface area contributed by atoms with Crippen molar-refractivity contribution in [1.82, 2.24) is 9.97 Å². The summed E-state index contributed by atoms with van der Waals surface area (Å²) in [7, 11) is 0. The van der Waals surface area contributed by atoms with Gasteiger partial charge in [-0.15, -0.1) is 11.3 Å². The van der Waals surface area contributed by atoms with E-state index in [-0.39, 0.29) is 10.6 Å². The summed E-state index contributed by atoms with van der Waals surface area (Å²) in [6.45, 7) is 3.87. The second kappa shape index (κ2) is 4.55. The second-order valence-electron chi connectivity index (χ2n) is 4.09. The molecular weight excluding hydrogens is 279 g/mol. The van der Waals surface area contributed by atoms with Gasteiger partial charge in [0.05, 0.1) is 11.1 Å². The summed E-state index contributed by atoms with van der Waals surface area (Å²) < 4.78 is 12.7. The smallest absolute Gasteiger partial charge is 0.145 e. The van der Waals surface area contributed by atoms with Gasteiger partial charge in [-0.2, -0.15) is 12.6 Å². The van der Waals surface area contributed by atoms with Crippen LogP contribution in [0.4, 0.5) is 4.39 Å². The molecule has 0 fully saturated rings. The van der Waals surface area contributed by atoms with Crippen molar-refractivity contribution in [2.75, 3.05) is 0 Å². The van der Waals surface area contributed by atoms with Gasteiger partial charge in [0, 0.05) is 16.5 Å². The zero-order valence-corrected chi connectivity index (χ0v) is 11.7. The number of aromatic nitrogens is 2. The summed E-state index contributed by atoms with van der Waals surface area (Å²) in [5, 5.41) is 1.06. The molecule has 0 aromatic carbocycles. The van der Waals surface area contributed by atoms with Gasteiger partial charge in [0.15, 0.2) is 0 Å². The second-order valence-corrected chi connectivity index (χ2v) is 6.56. The quantitative estimate of drug-likeness (QED) is 0.840. The molecule has 0 unspecified atom stereocenters. The van der Waals surface area contributed by atoms with Crippen LogP contribution in [-0.4, -0.2) is 9.97 Å². The maximum absolute atomic E-state index is 13.1. The third-order valence-corrected chi connectivity index (χ3v) is 4.28. The van der Waals surface area contributed by atoms with Crippen LogP contribution in [0.15, 0.2) is 18.5 Å². The summed E-state index contributed by atoms with van der Waals surface area (Å²) in [4.78, 5) is 8.87. The Morgan fingerprint density at radius 2 is 2.12 bits per heavy atom. The summed E-state index contributed by atoms with van der Waals surface area (Å²) >= 11 is 11.9. The van der Waals surface area contributed by atoms with Crippen LogP contribution in [0, 0.1) is 5.82 Å². The number of rotatable bonds is 2. The summed E-state index contributed by atoms with van der Waals surface area (Å²) in [6.07, 6.45) is 2.72. The lowest BCUT2D eigenvalue weighted by atomic mass is 10.2. The maximum Gasteiger partial charge on any atom is 0.145 e. The lowest BCUT2D eigenvalue weighted by Gasteiger charge is -2.14. The molecule has 2 aromatic heterocycles. The molecule has 2 nitrogen and oxygen atoms in total. The van der Waals surface area contributed by atoms with Crippen molar-refractivity contribution in [3.05, 3.63) is 34.3 Å². The van der Waals surface area contributed by atoms with Gasteiger partial charge in [0.25, 0.3) is 0 Å². The van der Waals surface area contributed by atoms with Crippen molar-refractivity contribution in [2.24, 2.45) is 0 Å². The van der Waals surface area contributed by atoms with E-state index in [0.29, 0.717) is 15.7 Å². The van der Waals surface area contributed by atoms with E-state index in [2.05, 4.69) is 22.6 Å². The largest absolute Gasteiger partial charge is 0.261 e. The monoisotopic (exact) mass is 288 g/mol. The number of thiazole rings is 1. The molecule has 0 aliphatic heterocycles. The molecular formula is C11H10ClFN2S2.